The van der Waals surface area contributed by atoms with Crippen LogP contribution in [-0.2, 0) is 28.7 Å². The zero-order valence-corrected chi connectivity index (χ0v) is 21.3. The predicted octanol–water partition coefficient (Wildman–Crippen LogP) is 6.06. The van der Waals surface area contributed by atoms with Gasteiger partial charge in [0.2, 0.25) is 0 Å². The monoisotopic (exact) mass is 438 g/mol. The lowest BCUT2D eigenvalue weighted by Crippen LogP contribution is -2.17. The minimum atomic E-state index is -0.435. The van der Waals surface area contributed by atoms with Crippen molar-refractivity contribution in [2.45, 2.75) is 98.1 Å². The number of unbranched alkanes of at least 4 members (excludes halogenated alkanes) is 1. The lowest BCUT2D eigenvalue weighted by molar-refractivity contribution is -0.133. The Morgan fingerprint density at radius 2 is 1.44 bits per heavy atom. The van der Waals surface area contributed by atoms with E-state index in [4.69, 9.17) is 16.2 Å². The van der Waals surface area contributed by atoms with E-state index in [1.807, 2.05) is 18.2 Å². The van der Waals surface area contributed by atoms with E-state index in [1.54, 1.807) is 0 Å². The van der Waals surface area contributed by atoms with Gasteiger partial charge in [0.1, 0.15) is 11.7 Å². The van der Waals surface area contributed by atoms with Crippen molar-refractivity contribution in [1.82, 2.24) is 0 Å². The maximum atomic E-state index is 12.9. The molecule has 0 radical (unpaired) electrons. The zero-order chi connectivity index (χ0) is 24.3. The van der Waals surface area contributed by atoms with Gasteiger partial charge in [-0.2, -0.15) is 0 Å². The van der Waals surface area contributed by atoms with Gasteiger partial charge < -0.3 is 16.2 Å². The fourth-order valence-electron chi connectivity index (χ4n) is 3.79. The van der Waals surface area contributed by atoms with Crippen molar-refractivity contribution in [3.63, 3.8) is 0 Å². The molecule has 2 aromatic carbocycles. The molecule has 0 saturated carbocycles. The highest BCUT2D eigenvalue weighted by molar-refractivity contribution is 5.90. The van der Waals surface area contributed by atoms with Crippen LogP contribution >= 0.6 is 0 Å². The largest absolute Gasteiger partial charge is 0.425 e. The molecule has 1 unspecified atom stereocenters. The first-order valence-corrected chi connectivity index (χ1v) is 11.8. The van der Waals surface area contributed by atoms with Crippen LogP contribution in [0.5, 0.6) is 5.75 Å². The highest BCUT2D eigenvalue weighted by Gasteiger charge is 2.39. The number of carbonyl (C=O) groups is 1. The summed E-state index contributed by atoms with van der Waals surface area (Å²) in [6, 6.07) is 10.3. The van der Waals surface area contributed by atoms with E-state index in [1.165, 1.54) is 18.4 Å². The minimum Gasteiger partial charge on any atom is -0.425 e. The Hall–Kier alpha value is -2.17. The molecule has 1 aliphatic rings. The van der Waals surface area contributed by atoms with Crippen LogP contribution in [0.2, 0.25) is 0 Å². The van der Waals surface area contributed by atoms with Gasteiger partial charge in [-0.1, -0.05) is 98.6 Å². The number of hydrogen-bond acceptors (Lipinski definition) is 4. The fraction of sp³-hybridized carbons (Fsp3) is 0.536. The Kier molecular flexibility index (Phi) is 8.30. The molecule has 0 aliphatic carbocycles. The number of esters is 1. The first-order chi connectivity index (χ1) is 14.9. The molecule has 1 atom stereocenters. The van der Waals surface area contributed by atoms with Crippen LogP contribution in [0.1, 0.15) is 108 Å². The first-order valence-electron chi connectivity index (χ1n) is 11.8. The van der Waals surface area contributed by atoms with E-state index in [0.29, 0.717) is 18.8 Å². The molecule has 32 heavy (non-hydrogen) atoms. The molecule has 1 aliphatic heterocycles. The number of carbonyl (C=O) groups excluding carboxylic acids is 1. The van der Waals surface area contributed by atoms with Crippen LogP contribution in [0, 0.1) is 0 Å². The van der Waals surface area contributed by atoms with Gasteiger partial charge in [-0.25, -0.2) is 0 Å². The molecule has 4 N–H and O–H groups in total. The Morgan fingerprint density at radius 1 is 0.844 bits per heavy atom. The lowest BCUT2D eigenvalue weighted by atomic mass is 9.77. The minimum absolute atomic E-state index is 0.0307. The normalized spacial score (nSPS) is 15.7. The second-order valence-electron chi connectivity index (χ2n) is 10.7. The summed E-state index contributed by atoms with van der Waals surface area (Å²) < 4.78 is 5.83. The predicted molar refractivity (Wildman–Crippen MR) is 134 cm³/mol. The molecule has 4 nitrogen and oxygen atoms in total. The lowest BCUT2D eigenvalue weighted by Gasteiger charge is -2.27. The molecule has 4 heteroatoms. The van der Waals surface area contributed by atoms with E-state index in [-0.39, 0.29) is 16.8 Å². The Balaban J connectivity index is 0.000000837. The van der Waals surface area contributed by atoms with Crippen LogP contribution in [0.15, 0.2) is 30.3 Å². The third kappa shape index (κ3) is 5.60. The number of ether oxygens (including phenoxy) is 1. The van der Waals surface area contributed by atoms with Gasteiger partial charge in [0.25, 0.3) is 0 Å². The maximum absolute atomic E-state index is 12.9. The molecule has 0 aromatic heterocycles. The molecule has 0 saturated heterocycles. The van der Waals surface area contributed by atoms with Crippen molar-refractivity contribution in [2.75, 3.05) is 0 Å². The summed E-state index contributed by atoms with van der Waals surface area (Å²) in [6.45, 7) is 18.2. The number of fused-ring (bicyclic) bond motifs is 1. The quantitative estimate of drug-likeness (QED) is 0.449. The summed E-state index contributed by atoms with van der Waals surface area (Å²) in [6.07, 6.45) is 2.64. The highest BCUT2D eigenvalue weighted by atomic mass is 16.5. The first kappa shape index (κ1) is 26.1. The molecule has 3 rings (SSSR count). The summed E-state index contributed by atoms with van der Waals surface area (Å²) >= 11 is 0. The maximum Gasteiger partial charge on any atom is 0.323 e. The topological polar surface area (TPSA) is 78.3 Å². The summed E-state index contributed by atoms with van der Waals surface area (Å²) in [7, 11) is 0. The van der Waals surface area contributed by atoms with Crippen LogP contribution in [0.3, 0.4) is 0 Å². The average molecular weight is 439 g/mol. The van der Waals surface area contributed by atoms with Gasteiger partial charge in [-0.3, -0.25) is 4.79 Å². The number of hydrogen-bond donors (Lipinski definition) is 2. The highest BCUT2D eigenvalue weighted by Crippen LogP contribution is 2.47. The van der Waals surface area contributed by atoms with Gasteiger partial charge in [-0.15, -0.1) is 0 Å². The third-order valence-electron chi connectivity index (χ3n) is 6.04. The third-order valence-corrected chi connectivity index (χ3v) is 6.04. The molecular weight excluding hydrogens is 396 g/mol. The molecule has 0 amide bonds. The van der Waals surface area contributed by atoms with Gasteiger partial charge >= 0.3 is 5.97 Å². The summed E-state index contributed by atoms with van der Waals surface area (Å²) in [4.78, 5) is 12.9. The van der Waals surface area contributed by atoms with Crippen molar-refractivity contribution >= 4 is 5.97 Å². The number of rotatable bonds is 4. The SMILES string of the molecule is CC(C)(C)c1cc2c(c(C(C)(C)C)c1)OC(=O)C2c1ccc(CN)c(CN)c1.CCCC. The van der Waals surface area contributed by atoms with Crippen molar-refractivity contribution < 1.29 is 9.53 Å². The Bertz CT molecular complexity index is 947. The van der Waals surface area contributed by atoms with Crippen molar-refractivity contribution in [2.24, 2.45) is 11.5 Å². The molecular formula is C28H42N2O2. The summed E-state index contributed by atoms with van der Waals surface area (Å²) in [5.74, 6) is 0.0539. The molecule has 0 bridgehead atoms. The van der Waals surface area contributed by atoms with E-state index >= 15 is 0 Å². The number of benzene rings is 2. The average Bonchev–Trinajstić information content (AvgIpc) is 3.06. The zero-order valence-electron chi connectivity index (χ0n) is 21.3. The standard InChI is InChI=1S/C24H32N2O2.C4H10/c1-23(2,3)17-10-18-20(14-7-8-15(12-25)16(9-14)13-26)22(27)28-21(18)19(11-17)24(4,5)6;1-3-4-2/h7-11,20H,12-13,25-26H2,1-6H3;3-4H2,1-2H3. The van der Waals surface area contributed by atoms with Crippen LogP contribution in [0.4, 0.5) is 0 Å². The van der Waals surface area contributed by atoms with Crippen LogP contribution in [-0.4, -0.2) is 5.97 Å². The van der Waals surface area contributed by atoms with E-state index in [2.05, 4.69) is 67.5 Å². The second-order valence-corrected chi connectivity index (χ2v) is 10.7. The second kappa shape index (κ2) is 10.2. The molecule has 2 aromatic rings. The van der Waals surface area contributed by atoms with E-state index in [0.717, 1.165) is 27.8 Å². The number of nitrogens with two attached hydrogens (primary N) is 2. The molecule has 0 fully saturated rings. The van der Waals surface area contributed by atoms with Gasteiger partial charge in [-0.05, 0) is 33.1 Å². The van der Waals surface area contributed by atoms with E-state index < -0.39 is 5.92 Å². The van der Waals surface area contributed by atoms with Crippen LogP contribution < -0.4 is 16.2 Å². The van der Waals surface area contributed by atoms with Gasteiger partial charge in [0.05, 0.1) is 0 Å². The van der Waals surface area contributed by atoms with E-state index in [9.17, 15) is 4.79 Å². The van der Waals surface area contributed by atoms with Gasteiger partial charge in [0.15, 0.2) is 0 Å². The Morgan fingerprint density at radius 3 is 1.91 bits per heavy atom. The van der Waals surface area contributed by atoms with Gasteiger partial charge in [0, 0.05) is 24.2 Å². The van der Waals surface area contributed by atoms with Crippen molar-refractivity contribution in [3.05, 3.63) is 63.7 Å². The van der Waals surface area contributed by atoms with Crippen LogP contribution in [0.25, 0.3) is 0 Å². The molecule has 176 valence electrons. The smallest absolute Gasteiger partial charge is 0.323 e. The Labute approximate surface area is 194 Å². The van der Waals surface area contributed by atoms with Crippen molar-refractivity contribution in [3.8, 4) is 5.75 Å². The molecule has 0 spiro atoms. The summed E-state index contributed by atoms with van der Waals surface area (Å²) in [5.41, 5.74) is 17.7. The summed E-state index contributed by atoms with van der Waals surface area (Å²) in [5, 5.41) is 0. The fourth-order valence-corrected chi connectivity index (χ4v) is 3.79. The van der Waals surface area contributed by atoms with Crippen molar-refractivity contribution in [1.29, 1.82) is 0 Å². The molecule has 1 heterocycles.